The van der Waals surface area contributed by atoms with Crippen molar-refractivity contribution in [3.05, 3.63) is 22.4 Å². The molecule has 7 heteroatoms. The molecule has 3 aliphatic rings. The first-order valence-corrected chi connectivity index (χ1v) is 10.3. The van der Waals surface area contributed by atoms with Crippen molar-refractivity contribution in [3.63, 3.8) is 0 Å². The molecule has 4 rings (SSSR count). The van der Waals surface area contributed by atoms with Crippen molar-refractivity contribution < 1.29 is 4.79 Å². The van der Waals surface area contributed by atoms with Crippen molar-refractivity contribution in [2.24, 2.45) is 11.3 Å². The summed E-state index contributed by atoms with van der Waals surface area (Å²) >= 11 is 1.73. The number of carbonyl (C=O) groups excluding carboxylic acids is 1. The van der Waals surface area contributed by atoms with Crippen LogP contribution < -0.4 is 5.32 Å². The average molecular weight is 420 g/mol. The van der Waals surface area contributed by atoms with Crippen LogP contribution in [0.4, 0.5) is 0 Å². The van der Waals surface area contributed by atoms with Gasteiger partial charge in [0.15, 0.2) is 0 Å². The Morgan fingerprint density at radius 2 is 2.00 bits per heavy atom. The lowest BCUT2D eigenvalue weighted by molar-refractivity contribution is -0.139. The molecule has 1 unspecified atom stereocenters. The molecule has 1 atom stereocenters. The Kier molecular flexibility index (Phi) is 7.81. The zero-order chi connectivity index (χ0) is 16.6. The number of rotatable bonds is 4. The first-order chi connectivity index (χ1) is 11.7. The van der Waals surface area contributed by atoms with Gasteiger partial charge in [0.2, 0.25) is 5.91 Å². The van der Waals surface area contributed by atoms with Crippen molar-refractivity contribution in [2.75, 3.05) is 33.2 Å². The fraction of sp³-hybridized carbons (Fsp3) is 0.737. The second kappa shape index (κ2) is 9.24. The molecular formula is C19H31Cl2N3OS. The Morgan fingerprint density at radius 1 is 1.31 bits per heavy atom. The molecule has 1 aromatic rings. The highest BCUT2D eigenvalue weighted by atomic mass is 35.5. The van der Waals surface area contributed by atoms with Crippen LogP contribution in [0.3, 0.4) is 0 Å². The van der Waals surface area contributed by atoms with Crippen LogP contribution in [0.2, 0.25) is 0 Å². The minimum absolute atomic E-state index is 0. The molecule has 0 bridgehead atoms. The summed E-state index contributed by atoms with van der Waals surface area (Å²) in [6.45, 7) is 5.16. The third kappa shape index (κ3) is 4.56. The average Bonchev–Trinajstić information content (AvgIpc) is 3.04. The van der Waals surface area contributed by atoms with Gasteiger partial charge < -0.3 is 15.1 Å². The second-order valence-corrected chi connectivity index (χ2v) is 8.79. The summed E-state index contributed by atoms with van der Waals surface area (Å²) in [6, 6.07) is 2.66. The molecule has 0 radical (unpaired) electrons. The summed E-state index contributed by atoms with van der Waals surface area (Å²) < 4.78 is 0. The molecule has 1 aromatic heterocycles. The van der Waals surface area contributed by atoms with Gasteiger partial charge in [0.05, 0.1) is 0 Å². The van der Waals surface area contributed by atoms with Crippen molar-refractivity contribution in [1.29, 1.82) is 0 Å². The van der Waals surface area contributed by atoms with Gasteiger partial charge in [-0.3, -0.25) is 4.79 Å². The maximum Gasteiger partial charge on any atom is 0.226 e. The molecule has 1 N–H and O–H groups in total. The number of nitrogens with zero attached hydrogens (tertiary/aromatic N) is 2. The van der Waals surface area contributed by atoms with Gasteiger partial charge in [0.1, 0.15) is 0 Å². The Balaban J connectivity index is 0.00000121. The molecule has 1 saturated carbocycles. The zero-order valence-corrected chi connectivity index (χ0v) is 17.9. The highest BCUT2D eigenvalue weighted by Crippen LogP contribution is 2.56. The van der Waals surface area contributed by atoms with Gasteiger partial charge in [-0.05, 0) is 93.1 Å². The molecule has 1 spiro atoms. The number of thiophene rings is 1. The number of hydrogen-bond acceptors (Lipinski definition) is 4. The minimum atomic E-state index is 0. The van der Waals surface area contributed by atoms with Crippen LogP contribution in [0.5, 0.6) is 0 Å². The molecule has 0 aromatic carbocycles. The largest absolute Gasteiger partial charge is 0.335 e. The van der Waals surface area contributed by atoms with Crippen LogP contribution in [-0.2, 0) is 11.3 Å². The fourth-order valence-corrected chi connectivity index (χ4v) is 5.30. The third-order valence-electron chi connectivity index (χ3n) is 6.41. The smallest absolute Gasteiger partial charge is 0.226 e. The van der Waals surface area contributed by atoms with E-state index in [1.54, 1.807) is 11.3 Å². The van der Waals surface area contributed by atoms with E-state index < -0.39 is 0 Å². The van der Waals surface area contributed by atoms with Gasteiger partial charge in [0, 0.05) is 18.5 Å². The quantitative estimate of drug-likeness (QED) is 0.811. The lowest BCUT2D eigenvalue weighted by Crippen LogP contribution is -2.44. The molecule has 4 nitrogen and oxygen atoms in total. The molecule has 2 saturated heterocycles. The van der Waals surface area contributed by atoms with E-state index in [0.717, 1.165) is 45.6 Å². The van der Waals surface area contributed by atoms with E-state index in [1.165, 1.54) is 24.8 Å². The van der Waals surface area contributed by atoms with Crippen molar-refractivity contribution >= 4 is 42.1 Å². The second-order valence-electron chi connectivity index (χ2n) is 8.01. The van der Waals surface area contributed by atoms with Gasteiger partial charge in [-0.15, -0.1) is 24.8 Å². The summed E-state index contributed by atoms with van der Waals surface area (Å²) in [5, 5.41) is 7.80. The van der Waals surface area contributed by atoms with Gasteiger partial charge in [0.25, 0.3) is 0 Å². The molecule has 1 amide bonds. The van der Waals surface area contributed by atoms with Gasteiger partial charge in [-0.1, -0.05) is 0 Å². The van der Waals surface area contributed by atoms with E-state index in [-0.39, 0.29) is 30.7 Å². The zero-order valence-electron chi connectivity index (χ0n) is 15.5. The molecule has 3 heterocycles. The summed E-state index contributed by atoms with van der Waals surface area (Å²) in [5.41, 5.74) is 1.72. The first-order valence-electron chi connectivity index (χ1n) is 9.39. The maximum atomic E-state index is 13.3. The molecule has 26 heavy (non-hydrogen) atoms. The monoisotopic (exact) mass is 419 g/mol. The number of piperidine rings is 2. The predicted octanol–water partition coefficient (Wildman–Crippen LogP) is 3.40. The predicted molar refractivity (Wildman–Crippen MR) is 113 cm³/mol. The van der Waals surface area contributed by atoms with Crippen LogP contribution in [0.15, 0.2) is 16.8 Å². The Morgan fingerprint density at radius 3 is 2.62 bits per heavy atom. The van der Waals surface area contributed by atoms with Gasteiger partial charge in [-0.25, -0.2) is 0 Å². The van der Waals surface area contributed by atoms with E-state index in [1.807, 2.05) is 0 Å². The lowest BCUT2D eigenvalue weighted by atomic mass is 9.92. The highest BCUT2D eigenvalue weighted by molar-refractivity contribution is 7.07. The van der Waals surface area contributed by atoms with E-state index in [4.69, 9.17) is 0 Å². The third-order valence-corrected chi connectivity index (χ3v) is 7.14. The molecule has 3 fully saturated rings. The number of nitrogens with one attached hydrogen (secondary N) is 1. The summed E-state index contributed by atoms with van der Waals surface area (Å²) in [5.74, 6) is 0.661. The van der Waals surface area contributed by atoms with E-state index in [2.05, 4.69) is 39.0 Å². The summed E-state index contributed by atoms with van der Waals surface area (Å²) in [6.07, 6.45) is 5.74. The number of carbonyl (C=O) groups is 1. The first kappa shape index (κ1) is 22.0. The SMILES string of the molecule is CN1CCC(C(=O)N(Cc2ccsc2)C2CC23CCNCC3)CC1.Cl.Cl. The molecule has 148 valence electrons. The molecular weight excluding hydrogens is 389 g/mol. The Hall–Kier alpha value is -0.330. The van der Waals surface area contributed by atoms with Crippen molar-refractivity contribution in [3.8, 4) is 0 Å². The highest BCUT2D eigenvalue weighted by Gasteiger charge is 2.58. The van der Waals surface area contributed by atoms with Gasteiger partial charge in [-0.2, -0.15) is 11.3 Å². The summed E-state index contributed by atoms with van der Waals surface area (Å²) in [4.78, 5) is 17.9. The Bertz CT molecular complexity index is 569. The summed E-state index contributed by atoms with van der Waals surface area (Å²) in [7, 11) is 2.16. The molecule has 2 aliphatic heterocycles. The van der Waals surface area contributed by atoms with Crippen LogP contribution >= 0.6 is 36.2 Å². The lowest BCUT2D eigenvalue weighted by Gasteiger charge is -2.35. The normalized spacial score (nSPS) is 25.2. The van der Waals surface area contributed by atoms with Crippen LogP contribution in [0.1, 0.15) is 37.7 Å². The van der Waals surface area contributed by atoms with E-state index in [0.29, 0.717) is 17.4 Å². The van der Waals surface area contributed by atoms with Crippen LogP contribution in [0.25, 0.3) is 0 Å². The van der Waals surface area contributed by atoms with Crippen molar-refractivity contribution in [1.82, 2.24) is 15.1 Å². The maximum absolute atomic E-state index is 13.3. The Labute approximate surface area is 173 Å². The standard InChI is InChI=1S/C19H29N3OS.2ClH/c1-21-9-2-16(3-10-21)18(23)22(13-15-4-11-24-14-15)17-12-19(17)5-7-20-8-6-19;;/h4,11,14,16-17,20H,2-3,5-10,12-13H2,1H3;2*1H. The van der Waals surface area contributed by atoms with E-state index >= 15 is 0 Å². The molecule has 1 aliphatic carbocycles. The van der Waals surface area contributed by atoms with Crippen molar-refractivity contribution in [2.45, 2.75) is 44.7 Å². The number of amides is 1. The number of hydrogen-bond donors (Lipinski definition) is 1. The number of halogens is 2. The fourth-order valence-electron chi connectivity index (χ4n) is 4.64. The van der Waals surface area contributed by atoms with Crippen LogP contribution in [0, 0.1) is 11.3 Å². The topological polar surface area (TPSA) is 35.6 Å². The van der Waals surface area contributed by atoms with E-state index in [9.17, 15) is 4.79 Å². The van der Waals surface area contributed by atoms with Gasteiger partial charge >= 0.3 is 0 Å². The minimum Gasteiger partial charge on any atom is -0.335 e. The van der Waals surface area contributed by atoms with Crippen LogP contribution in [-0.4, -0.2) is 55.0 Å². The number of likely N-dealkylation sites (tertiary alicyclic amines) is 1.